The van der Waals surface area contributed by atoms with Crippen LogP contribution < -0.4 is 5.32 Å². The van der Waals surface area contributed by atoms with Gasteiger partial charge in [-0.1, -0.05) is 12.1 Å². The zero-order chi connectivity index (χ0) is 16.9. The Morgan fingerprint density at radius 3 is 2.42 bits per heavy atom. The highest BCUT2D eigenvalue weighted by atomic mass is 19.1. The van der Waals surface area contributed by atoms with Crippen LogP contribution in [0.5, 0.6) is 0 Å². The fourth-order valence-electron chi connectivity index (χ4n) is 2.23. The number of carbonyl (C=O) groups is 1. The van der Waals surface area contributed by atoms with Gasteiger partial charge in [0, 0.05) is 30.8 Å². The molecule has 1 aromatic carbocycles. The molecule has 0 radical (unpaired) electrons. The third-order valence-corrected chi connectivity index (χ3v) is 3.48. The van der Waals surface area contributed by atoms with Gasteiger partial charge in [-0.2, -0.15) is 0 Å². The van der Waals surface area contributed by atoms with Crippen LogP contribution in [0.1, 0.15) is 17.9 Å². The lowest BCUT2D eigenvalue weighted by Crippen LogP contribution is -2.14. The first-order chi connectivity index (χ1) is 11.6. The summed E-state index contributed by atoms with van der Waals surface area (Å²) in [5, 5.41) is 2.64. The minimum absolute atomic E-state index is 0.182. The summed E-state index contributed by atoms with van der Waals surface area (Å²) >= 11 is 0. The van der Waals surface area contributed by atoms with Crippen molar-refractivity contribution in [2.45, 2.75) is 19.8 Å². The number of furan rings is 1. The van der Waals surface area contributed by atoms with Gasteiger partial charge in [-0.25, -0.2) is 14.4 Å². The largest absolute Gasteiger partial charge is 0.466 e. The van der Waals surface area contributed by atoms with E-state index in [1.807, 2.05) is 19.1 Å². The summed E-state index contributed by atoms with van der Waals surface area (Å²) in [6, 6.07) is 9.78. The maximum atomic E-state index is 12.9. The van der Waals surface area contributed by atoms with E-state index in [0.717, 1.165) is 22.6 Å². The van der Waals surface area contributed by atoms with E-state index >= 15 is 0 Å². The highest BCUT2D eigenvalue weighted by molar-refractivity contribution is 5.89. The number of rotatable bonds is 5. The van der Waals surface area contributed by atoms with Crippen LogP contribution in [0.2, 0.25) is 0 Å². The van der Waals surface area contributed by atoms with Crippen molar-refractivity contribution in [2.24, 2.45) is 0 Å². The zero-order valence-corrected chi connectivity index (χ0v) is 13.1. The van der Waals surface area contributed by atoms with Gasteiger partial charge in [0.2, 0.25) is 11.9 Å². The molecule has 0 saturated heterocycles. The van der Waals surface area contributed by atoms with Crippen molar-refractivity contribution in [3.05, 3.63) is 66.1 Å². The monoisotopic (exact) mass is 325 g/mol. The molecule has 0 fully saturated rings. The van der Waals surface area contributed by atoms with Crippen molar-refractivity contribution >= 4 is 11.9 Å². The molecule has 1 amide bonds. The number of anilines is 1. The van der Waals surface area contributed by atoms with E-state index in [4.69, 9.17) is 4.42 Å². The SMILES string of the molecule is Cc1ccc(CCC(=O)Nc2ncc(-c3ccc(F)cc3)cn2)o1. The molecule has 0 aliphatic heterocycles. The molecule has 0 aliphatic rings. The third-order valence-electron chi connectivity index (χ3n) is 3.48. The fourth-order valence-corrected chi connectivity index (χ4v) is 2.23. The van der Waals surface area contributed by atoms with Gasteiger partial charge < -0.3 is 4.42 Å². The second-order valence-corrected chi connectivity index (χ2v) is 5.36. The molecule has 2 aromatic heterocycles. The number of nitrogens with zero attached hydrogens (tertiary/aromatic N) is 2. The Kier molecular flexibility index (Phi) is 4.65. The number of halogens is 1. The first-order valence-corrected chi connectivity index (χ1v) is 7.53. The van der Waals surface area contributed by atoms with Gasteiger partial charge in [0.15, 0.2) is 0 Å². The van der Waals surface area contributed by atoms with E-state index in [1.54, 1.807) is 24.5 Å². The van der Waals surface area contributed by atoms with E-state index in [1.165, 1.54) is 12.1 Å². The minimum atomic E-state index is -0.296. The molecule has 1 N–H and O–H groups in total. The molecular weight excluding hydrogens is 309 g/mol. The summed E-state index contributed by atoms with van der Waals surface area (Å²) in [5.74, 6) is 1.36. The van der Waals surface area contributed by atoms with Gasteiger partial charge in [-0.3, -0.25) is 10.1 Å². The van der Waals surface area contributed by atoms with Crippen LogP contribution in [0, 0.1) is 12.7 Å². The minimum Gasteiger partial charge on any atom is -0.466 e. The summed E-state index contributed by atoms with van der Waals surface area (Å²) in [6.07, 6.45) is 3.99. The number of nitrogens with one attached hydrogen (secondary N) is 1. The highest BCUT2D eigenvalue weighted by Crippen LogP contribution is 2.18. The number of amides is 1. The van der Waals surface area contributed by atoms with Crippen molar-refractivity contribution in [1.29, 1.82) is 0 Å². The van der Waals surface area contributed by atoms with Gasteiger partial charge in [0.1, 0.15) is 17.3 Å². The van der Waals surface area contributed by atoms with E-state index < -0.39 is 0 Å². The normalized spacial score (nSPS) is 10.6. The van der Waals surface area contributed by atoms with E-state index in [-0.39, 0.29) is 24.1 Å². The van der Waals surface area contributed by atoms with E-state index in [0.29, 0.717) is 6.42 Å². The number of benzene rings is 1. The molecule has 2 heterocycles. The molecule has 0 atom stereocenters. The predicted molar refractivity (Wildman–Crippen MR) is 87.8 cm³/mol. The van der Waals surface area contributed by atoms with Crippen LogP contribution in [0.15, 0.2) is 53.2 Å². The topological polar surface area (TPSA) is 68.0 Å². The molecule has 0 spiro atoms. The van der Waals surface area contributed by atoms with Crippen molar-refractivity contribution < 1.29 is 13.6 Å². The lowest BCUT2D eigenvalue weighted by molar-refractivity contribution is -0.116. The summed E-state index contributed by atoms with van der Waals surface area (Å²) in [6.45, 7) is 1.86. The van der Waals surface area contributed by atoms with E-state index in [2.05, 4.69) is 15.3 Å². The Balaban J connectivity index is 1.57. The summed E-state index contributed by atoms with van der Waals surface area (Å²) in [4.78, 5) is 20.1. The number of aryl methyl sites for hydroxylation is 2. The molecule has 122 valence electrons. The molecule has 5 nitrogen and oxygen atoms in total. The Morgan fingerprint density at radius 1 is 1.08 bits per heavy atom. The summed E-state index contributed by atoms with van der Waals surface area (Å²) in [5.41, 5.74) is 1.56. The lowest BCUT2D eigenvalue weighted by Gasteiger charge is -2.04. The average molecular weight is 325 g/mol. The number of aromatic nitrogens is 2. The first kappa shape index (κ1) is 15.9. The third kappa shape index (κ3) is 4.04. The van der Waals surface area contributed by atoms with Gasteiger partial charge in [-0.15, -0.1) is 0 Å². The molecule has 0 saturated carbocycles. The first-order valence-electron chi connectivity index (χ1n) is 7.53. The highest BCUT2D eigenvalue weighted by Gasteiger charge is 2.07. The van der Waals surface area contributed by atoms with Crippen LogP contribution in [0.4, 0.5) is 10.3 Å². The molecule has 0 unspecified atom stereocenters. The fraction of sp³-hybridized carbons (Fsp3) is 0.167. The summed E-state index contributed by atoms with van der Waals surface area (Å²) < 4.78 is 18.3. The second kappa shape index (κ2) is 7.04. The molecule has 6 heteroatoms. The lowest BCUT2D eigenvalue weighted by atomic mass is 10.1. The Bertz CT molecular complexity index is 826. The Hall–Kier alpha value is -3.02. The molecular formula is C18H16FN3O2. The van der Waals surface area contributed by atoms with Gasteiger partial charge in [0.05, 0.1) is 0 Å². The van der Waals surface area contributed by atoms with E-state index in [9.17, 15) is 9.18 Å². The molecule has 3 aromatic rings. The molecule has 3 rings (SSSR count). The number of carbonyl (C=O) groups excluding carboxylic acids is 1. The smallest absolute Gasteiger partial charge is 0.229 e. The van der Waals surface area contributed by atoms with Crippen molar-refractivity contribution in [3.63, 3.8) is 0 Å². The van der Waals surface area contributed by atoms with Gasteiger partial charge in [-0.05, 0) is 36.8 Å². The van der Waals surface area contributed by atoms with Gasteiger partial charge >= 0.3 is 0 Å². The standard InChI is InChI=1S/C18H16FN3O2/c1-12-2-7-16(24-12)8-9-17(23)22-18-20-10-14(11-21-18)13-3-5-15(19)6-4-13/h2-7,10-11H,8-9H2,1H3,(H,20,21,22,23). The zero-order valence-electron chi connectivity index (χ0n) is 13.1. The predicted octanol–water partition coefficient (Wildman–Crippen LogP) is 3.76. The van der Waals surface area contributed by atoms with Crippen molar-refractivity contribution in [3.8, 4) is 11.1 Å². The second-order valence-electron chi connectivity index (χ2n) is 5.36. The maximum absolute atomic E-state index is 12.9. The van der Waals surface area contributed by atoms with Crippen LogP contribution in [0.25, 0.3) is 11.1 Å². The molecule has 0 aliphatic carbocycles. The molecule has 24 heavy (non-hydrogen) atoms. The molecule has 0 bridgehead atoms. The number of hydrogen-bond acceptors (Lipinski definition) is 4. The van der Waals surface area contributed by atoms with Crippen LogP contribution >= 0.6 is 0 Å². The van der Waals surface area contributed by atoms with Crippen LogP contribution in [-0.2, 0) is 11.2 Å². The quantitative estimate of drug-likeness (QED) is 0.775. The summed E-state index contributed by atoms with van der Waals surface area (Å²) in [7, 11) is 0. The van der Waals surface area contributed by atoms with Crippen LogP contribution in [-0.4, -0.2) is 15.9 Å². The van der Waals surface area contributed by atoms with Crippen molar-refractivity contribution in [1.82, 2.24) is 9.97 Å². The average Bonchev–Trinajstić information content (AvgIpc) is 3.00. The van der Waals surface area contributed by atoms with Gasteiger partial charge in [0.25, 0.3) is 0 Å². The Labute approximate surface area is 138 Å². The van der Waals surface area contributed by atoms with Crippen molar-refractivity contribution in [2.75, 3.05) is 5.32 Å². The number of hydrogen-bond donors (Lipinski definition) is 1. The Morgan fingerprint density at radius 2 is 1.79 bits per heavy atom. The maximum Gasteiger partial charge on any atom is 0.229 e. The van der Waals surface area contributed by atoms with Crippen LogP contribution in [0.3, 0.4) is 0 Å².